The summed E-state index contributed by atoms with van der Waals surface area (Å²) >= 11 is 0. The average molecular weight is 400 g/mol. The maximum atomic E-state index is 12.7. The molecular formula is C26H29N3O. The number of benzene rings is 3. The van der Waals surface area contributed by atoms with Crippen LogP contribution in [0, 0.1) is 0 Å². The lowest BCUT2D eigenvalue weighted by molar-refractivity contribution is -0.133. The van der Waals surface area contributed by atoms with Crippen LogP contribution in [0.25, 0.3) is 0 Å². The molecule has 0 radical (unpaired) electrons. The van der Waals surface area contributed by atoms with E-state index in [0.29, 0.717) is 6.42 Å². The molecule has 0 aromatic heterocycles. The third-order valence-electron chi connectivity index (χ3n) is 5.84. The van der Waals surface area contributed by atoms with Crippen molar-refractivity contribution in [3.05, 3.63) is 102 Å². The molecule has 0 aliphatic carbocycles. The summed E-state index contributed by atoms with van der Waals surface area (Å²) in [7, 11) is 0. The van der Waals surface area contributed by atoms with E-state index in [-0.39, 0.29) is 11.9 Å². The lowest BCUT2D eigenvalue weighted by Gasteiger charge is -2.40. The monoisotopic (exact) mass is 399 g/mol. The van der Waals surface area contributed by atoms with Crippen LogP contribution in [0.5, 0.6) is 0 Å². The highest BCUT2D eigenvalue weighted by molar-refractivity contribution is 5.76. The van der Waals surface area contributed by atoms with E-state index in [2.05, 4.69) is 65.6 Å². The van der Waals surface area contributed by atoms with Crippen LogP contribution in [-0.4, -0.2) is 41.9 Å². The van der Waals surface area contributed by atoms with Gasteiger partial charge in [0.15, 0.2) is 0 Å². The average Bonchev–Trinajstić information content (AvgIpc) is 2.80. The number of nitrogens with zero attached hydrogens (tertiary/aromatic N) is 2. The van der Waals surface area contributed by atoms with Gasteiger partial charge in [-0.25, -0.2) is 0 Å². The fraction of sp³-hybridized carbons (Fsp3) is 0.269. The van der Waals surface area contributed by atoms with E-state index < -0.39 is 0 Å². The number of nitrogen functional groups attached to an aromatic ring is 1. The predicted octanol–water partition coefficient (Wildman–Crippen LogP) is 4.14. The lowest BCUT2D eigenvalue weighted by atomic mass is 9.96. The molecule has 0 bridgehead atoms. The Hall–Kier alpha value is -3.11. The van der Waals surface area contributed by atoms with E-state index in [1.54, 1.807) is 0 Å². The van der Waals surface area contributed by atoms with Crippen LogP contribution in [0.4, 0.5) is 5.69 Å². The van der Waals surface area contributed by atoms with Gasteiger partial charge in [0.1, 0.15) is 0 Å². The van der Waals surface area contributed by atoms with Crippen LogP contribution < -0.4 is 5.73 Å². The molecule has 4 heteroatoms. The summed E-state index contributed by atoms with van der Waals surface area (Å²) in [6, 6.07) is 29.3. The molecule has 1 aliphatic heterocycles. The Morgan fingerprint density at radius 1 is 0.800 bits per heavy atom. The van der Waals surface area contributed by atoms with E-state index in [0.717, 1.165) is 43.9 Å². The molecule has 4 rings (SSSR count). The van der Waals surface area contributed by atoms with Gasteiger partial charge >= 0.3 is 0 Å². The minimum Gasteiger partial charge on any atom is -0.399 e. The first-order chi connectivity index (χ1) is 14.7. The molecule has 0 atom stereocenters. The number of carbonyl (C=O) groups excluding carboxylic acids is 1. The van der Waals surface area contributed by atoms with Gasteiger partial charge in [-0.05, 0) is 35.2 Å². The molecule has 1 heterocycles. The number of amides is 1. The molecule has 1 saturated heterocycles. The number of carbonyl (C=O) groups is 1. The van der Waals surface area contributed by atoms with Crippen LogP contribution in [0.3, 0.4) is 0 Å². The van der Waals surface area contributed by atoms with Gasteiger partial charge in [0.2, 0.25) is 5.91 Å². The van der Waals surface area contributed by atoms with E-state index in [1.807, 2.05) is 29.2 Å². The van der Waals surface area contributed by atoms with Crippen LogP contribution in [0.2, 0.25) is 0 Å². The quantitative estimate of drug-likeness (QED) is 0.634. The summed E-state index contributed by atoms with van der Waals surface area (Å²) in [6.07, 6.45) is 1.27. The maximum Gasteiger partial charge on any atom is 0.222 e. The van der Waals surface area contributed by atoms with Crippen molar-refractivity contribution in [2.24, 2.45) is 0 Å². The van der Waals surface area contributed by atoms with Crippen molar-refractivity contribution >= 4 is 11.6 Å². The third kappa shape index (κ3) is 4.89. The van der Waals surface area contributed by atoms with Crippen molar-refractivity contribution in [3.63, 3.8) is 0 Å². The van der Waals surface area contributed by atoms with Crippen molar-refractivity contribution in [2.45, 2.75) is 18.9 Å². The van der Waals surface area contributed by atoms with Gasteiger partial charge in [-0.2, -0.15) is 0 Å². The summed E-state index contributed by atoms with van der Waals surface area (Å²) in [5, 5.41) is 0. The Labute approximate surface area is 178 Å². The van der Waals surface area contributed by atoms with Gasteiger partial charge in [0.25, 0.3) is 0 Å². The summed E-state index contributed by atoms with van der Waals surface area (Å²) in [5.41, 5.74) is 10.3. The largest absolute Gasteiger partial charge is 0.399 e. The first kappa shape index (κ1) is 20.2. The van der Waals surface area contributed by atoms with Gasteiger partial charge in [0.05, 0.1) is 6.04 Å². The lowest BCUT2D eigenvalue weighted by Crippen LogP contribution is -2.49. The minimum atomic E-state index is 0.219. The highest BCUT2D eigenvalue weighted by Gasteiger charge is 2.27. The minimum absolute atomic E-state index is 0.219. The van der Waals surface area contributed by atoms with E-state index in [9.17, 15) is 4.79 Å². The van der Waals surface area contributed by atoms with Gasteiger partial charge in [-0.3, -0.25) is 9.69 Å². The normalized spacial score (nSPS) is 14.8. The molecule has 0 unspecified atom stereocenters. The molecule has 1 aliphatic rings. The number of rotatable bonds is 6. The van der Waals surface area contributed by atoms with E-state index in [4.69, 9.17) is 5.73 Å². The zero-order valence-corrected chi connectivity index (χ0v) is 17.3. The second kappa shape index (κ2) is 9.59. The molecule has 1 amide bonds. The van der Waals surface area contributed by atoms with Gasteiger partial charge in [-0.15, -0.1) is 0 Å². The molecule has 154 valence electrons. The molecule has 0 spiro atoms. The highest BCUT2D eigenvalue weighted by atomic mass is 16.2. The van der Waals surface area contributed by atoms with Crippen molar-refractivity contribution in [1.29, 1.82) is 0 Å². The smallest absolute Gasteiger partial charge is 0.222 e. The Morgan fingerprint density at radius 3 is 1.97 bits per heavy atom. The number of anilines is 1. The first-order valence-corrected chi connectivity index (χ1v) is 10.7. The molecule has 30 heavy (non-hydrogen) atoms. The zero-order chi connectivity index (χ0) is 20.8. The van der Waals surface area contributed by atoms with Crippen LogP contribution in [0.1, 0.15) is 29.2 Å². The number of piperazine rings is 1. The number of hydrogen-bond acceptors (Lipinski definition) is 3. The van der Waals surface area contributed by atoms with Gasteiger partial charge in [0, 0.05) is 38.3 Å². The number of nitrogens with two attached hydrogens (primary N) is 1. The summed E-state index contributed by atoms with van der Waals surface area (Å²) in [5.74, 6) is 0.230. The van der Waals surface area contributed by atoms with Crippen LogP contribution >= 0.6 is 0 Å². The Kier molecular flexibility index (Phi) is 6.45. The predicted molar refractivity (Wildman–Crippen MR) is 122 cm³/mol. The fourth-order valence-corrected chi connectivity index (χ4v) is 4.27. The van der Waals surface area contributed by atoms with Crippen LogP contribution in [0.15, 0.2) is 84.9 Å². The van der Waals surface area contributed by atoms with Crippen molar-refractivity contribution in [2.75, 3.05) is 31.9 Å². The Bertz CT molecular complexity index is 911. The summed E-state index contributed by atoms with van der Waals surface area (Å²) in [6.45, 7) is 3.29. The second-order valence-corrected chi connectivity index (χ2v) is 7.89. The molecular weight excluding hydrogens is 370 g/mol. The zero-order valence-electron chi connectivity index (χ0n) is 17.3. The van der Waals surface area contributed by atoms with Crippen molar-refractivity contribution < 1.29 is 4.79 Å². The van der Waals surface area contributed by atoms with Crippen molar-refractivity contribution in [3.8, 4) is 0 Å². The first-order valence-electron chi connectivity index (χ1n) is 10.7. The molecule has 3 aromatic carbocycles. The molecule has 3 aromatic rings. The topological polar surface area (TPSA) is 49.6 Å². The van der Waals surface area contributed by atoms with Gasteiger partial charge < -0.3 is 10.6 Å². The number of hydrogen-bond donors (Lipinski definition) is 1. The second-order valence-electron chi connectivity index (χ2n) is 7.89. The molecule has 0 saturated carbocycles. The van der Waals surface area contributed by atoms with Gasteiger partial charge in [-0.1, -0.05) is 72.8 Å². The fourth-order valence-electron chi connectivity index (χ4n) is 4.27. The molecule has 2 N–H and O–H groups in total. The third-order valence-corrected chi connectivity index (χ3v) is 5.84. The van der Waals surface area contributed by atoms with E-state index in [1.165, 1.54) is 11.1 Å². The number of aryl methyl sites for hydroxylation is 1. The molecule has 4 nitrogen and oxygen atoms in total. The van der Waals surface area contributed by atoms with Crippen LogP contribution in [-0.2, 0) is 11.2 Å². The standard InChI is InChI=1S/C26H29N3O/c27-24-13-7-8-21(20-24)14-15-25(30)28-16-18-29(19-17-28)26(22-9-3-1-4-10-22)23-11-5-2-6-12-23/h1-13,20,26H,14-19,27H2. The summed E-state index contributed by atoms with van der Waals surface area (Å²) in [4.78, 5) is 17.3. The Balaban J connectivity index is 1.39. The Morgan fingerprint density at radius 2 is 1.40 bits per heavy atom. The molecule has 1 fully saturated rings. The van der Waals surface area contributed by atoms with E-state index >= 15 is 0 Å². The highest BCUT2D eigenvalue weighted by Crippen LogP contribution is 2.29. The summed E-state index contributed by atoms with van der Waals surface area (Å²) < 4.78 is 0. The van der Waals surface area contributed by atoms with Crippen molar-refractivity contribution in [1.82, 2.24) is 9.80 Å². The SMILES string of the molecule is Nc1cccc(CCC(=O)N2CCN(C(c3ccccc3)c3ccccc3)CC2)c1. The maximum absolute atomic E-state index is 12.7.